The van der Waals surface area contributed by atoms with Crippen molar-refractivity contribution in [1.82, 2.24) is 9.88 Å². The predicted octanol–water partition coefficient (Wildman–Crippen LogP) is 2.40. The Morgan fingerprint density at radius 2 is 2.29 bits per heavy atom. The van der Waals surface area contributed by atoms with Crippen molar-refractivity contribution in [1.29, 1.82) is 0 Å². The molecule has 0 unspecified atom stereocenters. The minimum atomic E-state index is 0.769. The van der Waals surface area contributed by atoms with Gasteiger partial charge < -0.3 is 9.88 Å². The molecule has 1 aliphatic carbocycles. The van der Waals surface area contributed by atoms with Gasteiger partial charge in [0, 0.05) is 31.0 Å². The van der Waals surface area contributed by atoms with Crippen molar-refractivity contribution in [3.8, 4) is 0 Å². The Bertz CT molecular complexity index is 284. The molecule has 2 heteroatoms. The van der Waals surface area contributed by atoms with Gasteiger partial charge in [-0.25, -0.2) is 0 Å². The second kappa shape index (κ2) is 4.18. The van der Waals surface area contributed by atoms with E-state index in [0.717, 1.165) is 25.0 Å². The van der Waals surface area contributed by atoms with Crippen LogP contribution in [0.4, 0.5) is 0 Å². The molecule has 1 fully saturated rings. The van der Waals surface area contributed by atoms with Crippen molar-refractivity contribution >= 4 is 0 Å². The van der Waals surface area contributed by atoms with Gasteiger partial charge in [-0.1, -0.05) is 6.92 Å². The third-order valence-corrected chi connectivity index (χ3v) is 3.21. The second-order valence-corrected chi connectivity index (χ2v) is 4.44. The van der Waals surface area contributed by atoms with E-state index in [-0.39, 0.29) is 0 Å². The van der Waals surface area contributed by atoms with E-state index in [4.69, 9.17) is 0 Å². The lowest BCUT2D eigenvalue weighted by Crippen LogP contribution is -2.39. The maximum Gasteiger partial charge on any atom is 0.0361 e. The van der Waals surface area contributed by atoms with E-state index < -0.39 is 0 Å². The van der Waals surface area contributed by atoms with Gasteiger partial charge in [0.15, 0.2) is 0 Å². The molecule has 0 radical (unpaired) electrons. The minimum absolute atomic E-state index is 0.769. The van der Waals surface area contributed by atoms with Gasteiger partial charge >= 0.3 is 0 Å². The van der Waals surface area contributed by atoms with Crippen LogP contribution in [0.25, 0.3) is 0 Å². The minimum Gasteiger partial charge on any atom is -0.351 e. The molecule has 1 N–H and O–H groups in total. The number of hydrogen-bond acceptors (Lipinski definition) is 1. The Morgan fingerprint density at radius 3 is 2.93 bits per heavy atom. The first-order valence-corrected chi connectivity index (χ1v) is 5.67. The molecule has 78 valence electrons. The average Bonchev–Trinajstić information content (AvgIpc) is 2.57. The summed E-state index contributed by atoms with van der Waals surface area (Å²) in [7, 11) is 0. The lowest BCUT2D eigenvalue weighted by atomic mass is 9.82. The van der Waals surface area contributed by atoms with Crippen LogP contribution in [0.15, 0.2) is 18.3 Å². The summed E-state index contributed by atoms with van der Waals surface area (Å²) in [6.45, 7) is 6.62. The van der Waals surface area contributed by atoms with Gasteiger partial charge in [-0.15, -0.1) is 0 Å². The van der Waals surface area contributed by atoms with Crippen molar-refractivity contribution in [2.75, 3.05) is 0 Å². The van der Waals surface area contributed by atoms with E-state index in [1.165, 1.54) is 18.5 Å². The van der Waals surface area contributed by atoms with Crippen LogP contribution in [0.2, 0.25) is 0 Å². The number of aryl methyl sites for hydroxylation is 1. The number of rotatable bonds is 4. The second-order valence-electron chi connectivity index (χ2n) is 4.44. The molecule has 2 rings (SSSR count). The van der Waals surface area contributed by atoms with Crippen LogP contribution in [0.1, 0.15) is 32.4 Å². The van der Waals surface area contributed by atoms with Crippen LogP contribution in [0.3, 0.4) is 0 Å². The summed E-state index contributed by atoms with van der Waals surface area (Å²) in [5.74, 6) is 0.936. The molecule has 0 aromatic carbocycles. The summed E-state index contributed by atoms with van der Waals surface area (Å²) in [6, 6.07) is 5.10. The number of nitrogens with zero attached hydrogens (tertiary/aromatic N) is 1. The molecule has 1 aliphatic rings. The lowest BCUT2D eigenvalue weighted by Gasteiger charge is -2.33. The zero-order chi connectivity index (χ0) is 9.97. The molecule has 1 heterocycles. The van der Waals surface area contributed by atoms with E-state index in [1.807, 2.05) is 0 Å². The highest BCUT2D eigenvalue weighted by Crippen LogP contribution is 2.26. The topological polar surface area (TPSA) is 17.0 Å². The Kier molecular flexibility index (Phi) is 2.92. The Balaban J connectivity index is 1.80. The van der Waals surface area contributed by atoms with Gasteiger partial charge in [-0.2, -0.15) is 0 Å². The first-order valence-electron chi connectivity index (χ1n) is 5.67. The van der Waals surface area contributed by atoms with Crippen LogP contribution in [-0.4, -0.2) is 10.6 Å². The zero-order valence-electron chi connectivity index (χ0n) is 9.16. The highest BCUT2D eigenvalue weighted by Gasteiger charge is 2.24. The largest absolute Gasteiger partial charge is 0.351 e. The molecule has 0 aliphatic heterocycles. The van der Waals surface area contributed by atoms with Crippen molar-refractivity contribution in [3.05, 3.63) is 24.0 Å². The first-order chi connectivity index (χ1) is 6.79. The predicted molar refractivity (Wildman–Crippen MR) is 59.1 cm³/mol. The third-order valence-electron chi connectivity index (χ3n) is 3.21. The fourth-order valence-electron chi connectivity index (χ4n) is 2.24. The molecular weight excluding hydrogens is 172 g/mol. The summed E-state index contributed by atoms with van der Waals surface area (Å²) >= 11 is 0. The van der Waals surface area contributed by atoms with Crippen molar-refractivity contribution in [3.63, 3.8) is 0 Å². The Labute approximate surface area is 86.3 Å². The Morgan fingerprint density at radius 1 is 1.50 bits per heavy atom. The van der Waals surface area contributed by atoms with Crippen LogP contribution < -0.4 is 5.32 Å². The van der Waals surface area contributed by atoms with Crippen LogP contribution in [0, 0.1) is 5.92 Å². The molecule has 1 aromatic rings. The molecule has 0 atom stereocenters. The monoisotopic (exact) mass is 192 g/mol. The lowest BCUT2D eigenvalue weighted by molar-refractivity contribution is 0.239. The standard InChI is InChI=1S/C12H20N2/c1-3-14-6-4-5-12(14)9-13-11-7-10(2)8-11/h4-6,10-11,13H,3,7-9H2,1-2H3. The summed E-state index contributed by atoms with van der Waals surface area (Å²) in [5, 5.41) is 3.61. The number of hydrogen-bond donors (Lipinski definition) is 1. The van der Waals surface area contributed by atoms with Gasteiger partial charge in [0.1, 0.15) is 0 Å². The SMILES string of the molecule is CCn1cccc1CNC1CC(C)C1. The molecule has 0 saturated heterocycles. The average molecular weight is 192 g/mol. The van der Waals surface area contributed by atoms with Crippen LogP contribution in [-0.2, 0) is 13.1 Å². The third kappa shape index (κ3) is 2.01. The smallest absolute Gasteiger partial charge is 0.0361 e. The van der Waals surface area contributed by atoms with E-state index in [1.54, 1.807) is 0 Å². The fourth-order valence-corrected chi connectivity index (χ4v) is 2.24. The van der Waals surface area contributed by atoms with E-state index in [9.17, 15) is 0 Å². The number of aromatic nitrogens is 1. The van der Waals surface area contributed by atoms with Crippen molar-refractivity contribution < 1.29 is 0 Å². The van der Waals surface area contributed by atoms with E-state index in [0.29, 0.717) is 0 Å². The summed E-state index contributed by atoms with van der Waals surface area (Å²) < 4.78 is 2.30. The van der Waals surface area contributed by atoms with Gasteiger partial charge in [0.25, 0.3) is 0 Å². The molecule has 14 heavy (non-hydrogen) atoms. The number of nitrogens with one attached hydrogen (secondary N) is 1. The summed E-state index contributed by atoms with van der Waals surface area (Å²) in [4.78, 5) is 0. The van der Waals surface area contributed by atoms with Crippen molar-refractivity contribution in [2.45, 2.75) is 45.8 Å². The maximum atomic E-state index is 3.61. The first kappa shape index (κ1) is 9.78. The molecular formula is C12H20N2. The molecule has 1 saturated carbocycles. The van der Waals surface area contributed by atoms with Gasteiger partial charge in [0.2, 0.25) is 0 Å². The molecule has 2 nitrogen and oxygen atoms in total. The maximum absolute atomic E-state index is 3.61. The molecule has 0 spiro atoms. The van der Waals surface area contributed by atoms with Gasteiger partial charge in [0.05, 0.1) is 0 Å². The van der Waals surface area contributed by atoms with E-state index in [2.05, 4.69) is 42.1 Å². The van der Waals surface area contributed by atoms with Crippen LogP contribution >= 0.6 is 0 Å². The summed E-state index contributed by atoms with van der Waals surface area (Å²) in [5.41, 5.74) is 1.41. The molecule has 1 aromatic heterocycles. The van der Waals surface area contributed by atoms with Crippen molar-refractivity contribution in [2.24, 2.45) is 5.92 Å². The Hall–Kier alpha value is -0.760. The normalized spacial score (nSPS) is 26.1. The van der Waals surface area contributed by atoms with E-state index >= 15 is 0 Å². The summed E-state index contributed by atoms with van der Waals surface area (Å²) in [6.07, 6.45) is 4.86. The fraction of sp³-hybridized carbons (Fsp3) is 0.667. The van der Waals surface area contributed by atoms with Gasteiger partial charge in [-0.3, -0.25) is 0 Å². The highest BCUT2D eigenvalue weighted by atomic mass is 15.0. The quantitative estimate of drug-likeness (QED) is 0.775. The highest BCUT2D eigenvalue weighted by molar-refractivity contribution is 5.07. The molecule has 0 bridgehead atoms. The zero-order valence-corrected chi connectivity index (χ0v) is 9.16. The van der Waals surface area contributed by atoms with Gasteiger partial charge in [-0.05, 0) is 37.8 Å². The molecule has 0 amide bonds. The van der Waals surface area contributed by atoms with Crippen LogP contribution in [0.5, 0.6) is 0 Å².